The van der Waals surface area contributed by atoms with Crippen molar-refractivity contribution in [3.63, 3.8) is 0 Å². The number of hydrogen-bond acceptors (Lipinski definition) is 6. The van der Waals surface area contributed by atoms with Crippen molar-refractivity contribution in [1.29, 1.82) is 0 Å². The molecule has 7 heteroatoms. The maximum atomic E-state index is 12.7. The molecule has 146 valence electrons. The lowest BCUT2D eigenvalue weighted by Gasteiger charge is -2.10. The minimum Gasteiger partial charge on any atom is -0.391 e. The SMILES string of the molecule is CCc1nc(-c2ccc3c(c2)CC[C@H]3CC(=O)c2cnn(C[C@@H](C)O)c2)no1. The third-order valence-electron chi connectivity index (χ3n) is 5.21. The summed E-state index contributed by atoms with van der Waals surface area (Å²) in [7, 11) is 0. The maximum Gasteiger partial charge on any atom is 0.226 e. The Bertz CT molecular complexity index is 989. The van der Waals surface area contributed by atoms with E-state index in [2.05, 4.69) is 27.4 Å². The Kier molecular flexibility index (Phi) is 5.09. The Balaban J connectivity index is 1.47. The fourth-order valence-corrected chi connectivity index (χ4v) is 3.79. The van der Waals surface area contributed by atoms with Crippen LogP contribution in [0, 0.1) is 0 Å². The van der Waals surface area contributed by atoms with Crippen molar-refractivity contribution in [3.05, 3.63) is 53.2 Å². The summed E-state index contributed by atoms with van der Waals surface area (Å²) in [5.41, 5.74) is 4.04. The minimum absolute atomic E-state index is 0.0875. The number of fused-ring (bicyclic) bond motifs is 1. The monoisotopic (exact) mass is 380 g/mol. The first-order chi connectivity index (χ1) is 13.5. The summed E-state index contributed by atoms with van der Waals surface area (Å²) in [6.45, 7) is 4.07. The van der Waals surface area contributed by atoms with Crippen molar-refractivity contribution in [1.82, 2.24) is 19.9 Å². The second kappa shape index (κ2) is 7.67. The van der Waals surface area contributed by atoms with Gasteiger partial charge in [0.15, 0.2) is 5.78 Å². The molecule has 1 aliphatic rings. The van der Waals surface area contributed by atoms with Crippen molar-refractivity contribution < 1.29 is 14.4 Å². The van der Waals surface area contributed by atoms with Gasteiger partial charge in [-0.3, -0.25) is 9.48 Å². The first-order valence-corrected chi connectivity index (χ1v) is 9.73. The largest absolute Gasteiger partial charge is 0.391 e. The standard InChI is InChI=1S/C21H24N4O3/c1-3-20-23-21(24-28-20)16-6-7-18-14(8-16)4-5-15(18)9-19(27)17-10-22-25(12-17)11-13(2)26/h6-8,10,12-13,15,26H,3-5,9,11H2,1-2H3/t13-,15+/m1/s1. The molecule has 7 nitrogen and oxygen atoms in total. The van der Waals surface area contributed by atoms with Gasteiger partial charge in [0.05, 0.1) is 24.4 Å². The van der Waals surface area contributed by atoms with Gasteiger partial charge in [0.1, 0.15) is 0 Å². The Morgan fingerprint density at radius 3 is 3.04 bits per heavy atom. The van der Waals surface area contributed by atoms with Gasteiger partial charge in [0.2, 0.25) is 11.7 Å². The lowest BCUT2D eigenvalue weighted by atomic mass is 9.93. The van der Waals surface area contributed by atoms with Crippen LogP contribution in [0.25, 0.3) is 11.4 Å². The number of carbonyl (C=O) groups excluding carboxylic acids is 1. The van der Waals surface area contributed by atoms with E-state index in [1.807, 2.05) is 13.0 Å². The predicted octanol–water partition coefficient (Wildman–Crippen LogP) is 3.18. The van der Waals surface area contributed by atoms with Gasteiger partial charge in [-0.05, 0) is 42.9 Å². The Hall–Kier alpha value is -2.80. The van der Waals surface area contributed by atoms with Crippen LogP contribution in [0.2, 0.25) is 0 Å². The van der Waals surface area contributed by atoms with Crippen LogP contribution in [0.4, 0.5) is 0 Å². The van der Waals surface area contributed by atoms with Gasteiger partial charge >= 0.3 is 0 Å². The average Bonchev–Trinajstić information content (AvgIpc) is 3.40. The second-order valence-corrected chi connectivity index (χ2v) is 7.44. The van der Waals surface area contributed by atoms with Crippen molar-refractivity contribution in [2.75, 3.05) is 0 Å². The molecule has 2 heterocycles. The van der Waals surface area contributed by atoms with E-state index in [9.17, 15) is 9.90 Å². The van der Waals surface area contributed by atoms with E-state index >= 15 is 0 Å². The van der Waals surface area contributed by atoms with Crippen LogP contribution in [-0.2, 0) is 19.4 Å². The van der Waals surface area contributed by atoms with Gasteiger partial charge in [0.25, 0.3) is 0 Å². The number of carbonyl (C=O) groups is 1. The zero-order valence-electron chi connectivity index (χ0n) is 16.1. The molecule has 0 saturated heterocycles. The normalized spacial score (nSPS) is 16.9. The van der Waals surface area contributed by atoms with Crippen LogP contribution in [0.15, 0.2) is 35.1 Å². The van der Waals surface area contributed by atoms with Crippen LogP contribution < -0.4 is 0 Å². The third kappa shape index (κ3) is 3.75. The summed E-state index contributed by atoms with van der Waals surface area (Å²) >= 11 is 0. The number of aliphatic hydroxyl groups excluding tert-OH is 1. The van der Waals surface area contributed by atoms with E-state index in [4.69, 9.17) is 4.52 Å². The first-order valence-electron chi connectivity index (χ1n) is 9.73. The molecule has 2 atom stereocenters. The topological polar surface area (TPSA) is 94.0 Å². The quantitative estimate of drug-likeness (QED) is 0.633. The van der Waals surface area contributed by atoms with Gasteiger partial charge in [-0.1, -0.05) is 24.2 Å². The Morgan fingerprint density at radius 2 is 2.29 bits per heavy atom. The van der Waals surface area contributed by atoms with Gasteiger partial charge in [0, 0.05) is 24.6 Å². The summed E-state index contributed by atoms with van der Waals surface area (Å²) in [5.74, 6) is 1.55. The minimum atomic E-state index is -0.494. The molecule has 0 saturated carbocycles. The molecule has 1 N–H and O–H groups in total. The molecule has 0 aliphatic heterocycles. The van der Waals surface area contributed by atoms with E-state index in [1.54, 1.807) is 24.0 Å². The first kappa shape index (κ1) is 18.6. The van der Waals surface area contributed by atoms with E-state index in [0.29, 0.717) is 30.2 Å². The lowest BCUT2D eigenvalue weighted by Crippen LogP contribution is -2.12. The summed E-state index contributed by atoms with van der Waals surface area (Å²) < 4.78 is 6.82. The average molecular weight is 380 g/mol. The van der Waals surface area contributed by atoms with E-state index in [-0.39, 0.29) is 11.7 Å². The Labute approximate surface area is 163 Å². The maximum absolute atomic E-state index is 12.7. The van der Waals surface area contributed by atoms with E-state index < -0.39 is 6.10 Å². The summed E-state index contributed by atoms with van der Waals surface area (Å²) in [6.07, 6.45) is 5.90. The van der Waals surface area contributed by atoms with Gasteiger partial charge in [-0.25, -0.2) is 0 Å². The van der Waals surface area contributed by atoms with Crippen LogP contribution in [0.1, 0.15) is 60.0 Å². The highest BCUT2D eigenvalue weighted by atomic mass is 16.5. The molecule has 0 bridgehead atoms. The molecule has 0 unspecified atom stereocenters. The number of ketones is 1. The van der Waals surface area contributed by atoms with Crippen LogP contribution in [0.5, 0.6) is 0 Å². The number of benzene rings is 1. The number of aryl methyl sites for hydroxylation is 2. The molecule has 1 aliphatic carbocycles. The number of aliphatic hydroxyl groups is 1. The van der Waals surface area contributed by atoms with Crippen LogP contribution in [-0.4, -0.2) is 36.9 Å². The Morgan fingerprint density at radius 1 is 1.43 bits per heavy atom. The highest BCUT2D eigenvalue weighted by Crippen LogP contribution is 2.38. The summed E-state index contributed by atoms with van der Waals surface area (Å²) in [4.78, 5) is 17.1. The van der Waals surface area contributed by atoms with Crippen LogP contribution >= 0.6 is 0 Å². The van der Waals surface area contributed by atoms with Crippen LogP contribution in [0.3, 0.4) is 0 Å². The molecule has 28 heavy (non-hydrogen) atoms. The predicted molar refractivity (Wildman–Crippen MR) is 103 cm³/mol. The molecule has 0 radical (unpaired) electrons. The fourth-order valence-electron chi connectivity index (χ4n) is 3.79. The number of hydrogen-bond donors (Lipinski definition) is 1. The van der Waals surface area contributed by atoms with Gasteiger partial charge < -0.3 is 9.63 Å². The molecular weight excluding hydrogens is 356 g/mol. The molecule has 1 aromatic carbocycles. The summed E-state index contributed by atoms with van der Waals surface area (Å²) in [5, 5.41) is 17.7. The zero-order chi connectivity index (χ0) is 19.7. The lowest BCUT2D eigenvalue weighted by molar-refractivity contribution is 0.0973. The van der Waals surface area contributed by atoms with Crippen molar-refractivity contribution in [2.45, 2.75) is 58.1 Å². The smallest absolute Gasteiger partial charge is 0.226 e. The second-order valence-electron chi connectivity index (χ2n) is 7.44. The highest BCUT2D eigenvalue weighted by Gasteiger charge is 2.26. The van der Waals surface area contributed by atoms with Gasteiger partial charge in [-0.15, -0.1) is 0 Å². The van der Waals surface area contributed by atoms with Crippen molar-refractivity contribution in [3.8, 4) is 11.4 Å². The zero-order valence-corrected chi connectivity index (χ0v) is 16.1. The number of nitrogens with zero attached hydrogens (tertiary/aromatic N) is 4. The molecule has 2 aromatic heterocycles. The van der Waals surface area contributed by atoms with Gasteiger partial charge in [-0.2, -0.15) is 10.1 Å². The van der Waals surface area contributed by atoms with E-state index in [1.165, 1.54) is 11.1 Å². The third-order valence-corrected chi connectivity index (χ3v) is 5.21. The van der Waals surface area contributed by atoms with Crippen molar-refractivity contribution in [2.24, 2.45) is 0 Å². The molecule has 3 aromatic rings. The number of Topliss-reactive ketones (excluding diaryl/α,β-unsaturated/α-hetero) is 1. The fraction of sp³-hybridized carbons (Fsp3) is 0.429. The number of rotatable bonds is 7. The summed E-state index contributed by atoms with van der Waals surface area (Å²) in [6, 6.07) is 6.21. The van der Waals surface area contributed by atoms with Crippen molar-refractivity contribution >= 4 is 5.78 Å². The molecule has 0 fully saturated rings. The molecular formula is C21H24N4O3. The molecule has 0 amide bonds. The highest BCUT2D eigenvalue weighted by molar-refractivity contribution is 5.96. The number of aromatic nitrogens is 4. The molecule has 0 spiro atoms. The van der Waals surface area contributed by atoms with E-state index in [0.717, 1.165) is 24.8 Å². The molecule has 4 rings (SSSR count).